The molecule has 0 aromatic heterocycles. The highest BCUT2D eigenvalue weighted by molar-refractivity contribution is 4.96. The molecule has 2 nitrogen and oxygen atoms in total. The Labute approximate surface area is 49.3 Å². The first kappa shape index (κ1) is 5.63. The largest absolute Gasteiger partial charge is 0.483 e. The fourth-order valence-corrected chi connectivity index (χ4v) is 0.700. The van der Waals surface area contributed by atoms with E-state index in [2.05, 4.69) is 0 Å². The highest BCUT2D eigenvalue weighted by atomic mass is 16.5. The van der Waals surface area contributed by atoms with Crippen LogP contribution in [0.25, 0.3) is 0 Å². The smallest absolute Gasteiger partial charge is 0.147 e. The van der Waals surface area contributed by atoms with Gasteiger partial charge in [0.1, 0.15) is 6.23 Å². The Morgan fingerprint density at radius 3 is 3.00 bits per heavy atom. The van der Waals surface area contributed by atoms with Gasteiger partial charge in [-0.25, -0.2) is 0 Å². The van der Waals surface area contributed by atoms with Gasteiger partial charge in [-0.1, -0.05) is 0 Å². The number of rotatable bonds is 0. The van der Waals surface area contributed by atoms with E-state index in [1.165, 1.54) is 5.57 Å². The van der Waals surface area contributed by atoms with Crippen molar-refractivity contribution in [3.8, 4) is 0 Å². The van der Waals surface area contributed by atoms with Crippen molar-refractivity contribution in [1.82, 2.24) is 0 Å². The monoisotopic (exact) mass is 113 g/mol. The molecule has 2 heteroatoms. The van der Waals surface area contributed by atoms with Crippen molar-refractivity contribution in [3.63, 3.8) is 0 Å². The molecule has 8 heavy (non-hydrogen) atoms. The van der Waals surface area contributed by atoms with Gasteiger partial charge >= 0.3 is 0 Å². The minimum Gasteiger partial charge on any atom is -0.483 e. The molecule has 46 valence electrons. The van der Waals surface area contributed by atoms with Crippen molar-refractivity contribution >= 4 is 0 Å². The second-order valence-corrected chi connectivity index (χ2v) is 2.18. The Morgan fingerprint density at radius 2 is 2.62 bits per heavy atom. The average molecular weight is 113 g/mol. The molecule has 0 aromatic rings. The van der Waals surface area contributed by atoms with Gasteiger partial charge in [0.05, 0.1) is 6.26 Å². The lowest BCUT2D eigenvalue weighted by molar-refractivity contribution is 0.126. The molecule has 0 radical (unpaired) electrons. The third kappa shape index (κ3) is 1.23. The van der Waals surface area contributed by atoms with Gasteiger partial charge in [0.15, 0.2) is 0 Å². The molecule has 0 aliphatic carbocycles. The summed E-state index contributed by atoms with van der Waals surface area (Å²) in [6.45, 7) is 2.05. The van der Waals surface area contributed by atoms with Crippen LogP contribution in [0.5, 0.6) is 0 Å². The molecule has 0 aromatic carbocycles. The van der Waals surface area contributed by atoms with E-state index in [-0.39, 0.29) is 6.23 Å². The zero-order valence-corrected chi connectivity index (χ0v) is 5.05. The van der Waals surface area contributed by atoms with Gasteiger partial charge in [-0.2, -0.15) is 0 Å². The van der Waals surface area contributed by atoms with E-state index in [4.69, 9.17) is 10.5 Å². The Balaban J connectivity index is 2.42. The van der Waals surface area contributed by atoms with Crippen molar-refractivity contribution in [2.75, 3.05) is 0 Å². The van der Waals surface area contributed by atoms with Crippen LogP contribution in [0.1, 0.15) is 19.8 Å². The molecule has 1 heterocycles. The minimum absolute atomic E-state index is 0.0568. The molecule has 0 fully saturated rings. The number of ether oxygens (including phenoxy) is 1. The molecule has 0 bridgehead atoms. The molecule has 0 saturated heterocycles. The second-order valence-electron chi connectivity index (χ2n) is 2.18. The van der Waals surface area contributed by atoms with Crippen LogP contribution in [0.4, 0.5) is 0 Å². The van der Waals surface area contributed by atoms with Gasteiger partial charge < -0.3 is 4.74 Å². The van der Waals surface area contributed by atoms with Crippen LogP contribution in [-0.4, -0.2) is 6.23 Å². The number of hydrogen-bond donors (Lipinski definition) is 1. The quantitative estimate of drug-likeness (QED) is 0.508. The van der Waals surface area contributed by atoms with E-state index in [1.54, 1.807) is 6.26 Å². The fraction of sp³-hybridized carbons (Fsp3) is 0.667. The highest BCUT2D eigenvalue weighted by Gasteiger charge is 2.06. The summed E-state index contributed by atoms with van der Waals surface area (Å²) in [7, 11) is 0. The lowest BCUT2D eigenvalue weighted by Gasteiger charge is -2.16. The maximum absolute atomic E-state index is 5.43. The van der Waals surface area contributed by atoms with Crippen LogP contribution in [0.15, 0.2) is 11.8 Å². The maximum atomic E-state index is 5.43. The van der Waals surface area contributed by atoms with Gasteiger partial charge in [-0.15, -0.1) is 0 Å². The number of nitrogens with two attached hydrogens (primary N) is 1. The predicted molar refractivity (Wildman–Crippen MR) is 32.1 cm³/mol. The summed E-state index contributed by atoms with van der Waals surface area (Å²) in [4.78, 5) is 0. The van der Waals surface area contributed by atoms with Crippen molar-refractivity contribution in [2.45, 2.75) is 26.0 Å². The summed E-state index contributed by atoms with van der Waals surface area (Å²) in [6, 6.07) is 0. The van der Waals surface area contributed by atoms with Gasteiger partial charge in [0.2, 0.25) is 0 Å². The maximum Gasteiger partial charge on any atom is 0.147 e. The van der Waals surface area contributed by atoms with Crippen LogP contribution in [0.3, 0.4) is 0 Å². The first-order valence-corrected chi connectivity index (χ1v) is 2.86. The molecule has 1 aliphatic rings. The summed E-state index contributed by atoms with van der Waals surface area (Å²) in [5.41, 5.74) is 6.71. The fourth-order valence-electron chi connectivity index (χ4n) is 0.700. The molecular formula is C6H11NO. The van der Waals surface area contributed by atoms with Crippen molar-refractivity contribution < 1.29 is 4.74 Å². The second kappa shape index (κ2) is 2.18. The number of hydrogen-bond acceptors (Lipinski definition) is 2. The van der Waals surface area contributed by atoms with Crippen LogP contribution < -0.4 is 5.73 Å². The Kier molecular flexibility index (Phi) is 1.53. The van der Waals surface area contributed by atoms with E-state index in [1.807, 2.05) is 6.92 Å². The van der Waals surface area contributed by atoms with Gasteiger partial charge in [0.25, 0.3) is 0 Å². The molecule has 1 atom stereocenters. The molecular weight excluding hydrogens is 102 g/mol. The molecule has 0 amide bonds. The van der Waals surface area contributed by atoms with E-state index in [0.717, 1.165) is 12.8 Å². The minimum atomic E-state index is -0.0568. The summed E-state index contributed by atoms with van der Waals surface area (Å²) in [5.74, 6) is 0. The van der Waals surface area contributed by atoms with E-state index >= 15 is 0 Å². The van der Waals surface area contributed by atoms with Crippen molar-refractivity contribution in [3.05, 3.63) is 11.8 Å². The molecule has 2 N–H and O–H groups in total. The van der Waals surface area contributed by atoms with Gasteiger partial charge in [0, 0.05) is 6.42 Å². The van der Waals surface area contributed by atoms with Crippen molar-refractivity contribution in [2.24, 2.45) is 5.73 Å². The van der Waals surface area contributed by atoms with Gasteiger partial charge in [-0.05, 0) is 18.9 Å². The van der Waals surface area contributed by atoms with Crippen LogP contribution >= 0.6 is 0 Å². The Hall–Kier alpha value is -0.500. The number of allylic oxidation sites excluding steroid dienone is 1. The SMILES string of the molecule is CC1=COC(N)CC1. The summed E-state index contributed by atoms with van der Waals surface area (Å²) < 4.78 is 5.01. The summed E-state index contributed by atoms with van der Waals surface area (Å²) in [6.07, 6.45) is 3.73. The highest BCUT2D eigenvalue weighted by Crippen LogP contribution is 2.12. The average Bonchev–Trinajstić information content (AvgIpc) is 1.77. The van der Waals surface area contributed by atoms with E-state index in [0.29, 0.717) is 0 Å². The zero-order valence-electron chi connectivity index (χ0n) is 5.05. The summed E-state index contributed by atoms with van der Waals surface area (Å²) >= 11 is 0. The van der Waals surface area contributed by atoms with Gasteiger partial charge in [-0.3, -0.25) is 5.73 Å². The molecule has 0 spiro atoms. The first-order chi connectivity index (χ1) is 3.79. The van der Waals surface area contributed by atoms with Crippen LogP contribution in [0.2, 0.25) is 0 Å². The van der Waals surface area contributed by atoms with Crippen LogP contribution in [0, 0.1) is 0 Å². The van der Waals surface area contributed by atoms with E-state index < -0.39 is 0 Å². The zero-order chi connectivity index (χ0) is 5.98. The Bertz CT molecular complexity index is 109. The topological polar surface area (TPSA) is 35.2 Å². The lowest BCUT2D eigenvalue weighted by Crippen LogP contribution is -2.23. The van der Waals surface area contributed by atoms with Crippen molar-refractivity contribution in [1.29, 1.82) is 0 Å². The normalized spacial score (nSPS) is 28.8. The predicted octanol–water partition coefficient (Wildman–Crippen LogP) is 0.985. The lowest BCUT2D eigenvalue weighted by atomic mass is 10.1. The standard InChI is InChI=1S/C6H11NO/c1-5-2-3-6(7)8-4-5/h4,6H,2-3,7H2,1H3. The molecule has 1 rings (SSSR count). The Morgan fingerprint density at radius 1 is 1.88 bits per heavy atom. The summed E-state index contributed by atoms with van der Waals surface area (Å²) in [5, 5.41) is 0. The molecule has 1 aliphatic heterocycles. The van der Waals surface area contributed by atoms with Crippen LogP contribution in [-0.2, 0) is 4.74 Å². The molecule has 1 unspecified atom stereocenters. The third-order valence-electron chi connectivity index (χ3n) is 1.27. The third-order valence-corrected chi connectivity index (χ3v) is 1.27. The molecule has 0 saturated carbocycles. The van der Waals surface area contributed by atoms with E-state index in [9.17, 15) is 0 Å². The first-order valence-electron chi connectivity index (χ1n) is 2.86.